The SMILES string of the molecule is CC1(C)C2=CN(I)C(NC3CCOCC3)NC2CN1C(=O)NCc1ccc(Cl)c(Cl)c1. The molecule has 2 unspecified atom stereocenters. The predicted molar refractivity (Wildman–Crippen MR) is 131 cm³/mol. The predicted octanol–water partition coefficient (Wildman–Crippen LogP) is 3.86. The topological polar surface area (TPSA) is 68.9 Å². The van der Waals surface area contributed by atoms with Gasteiger partial charge >= 0.3 is 6.03 Å². The normalized spacial score (nSPS) is 25.9. The van der Waals surface area contributed by atoms with Crippen LogP contribution in [0.4, 0.5) is 4.79 Å². The monoisotopic (exact) mass is 579 g/mol. The van der Waals surface area contributed by atoms with Crippen molar-refractivity contribution in [1.82, 2.24) is 24.0 Å². The second-order valence-electron chi connectivity index (χ2n) is 8.68. The van der Waals surface area contributed by atoms with Gasteiger partial charge in [-0.2, -0.15) is 0 Å². The number of nitrogens with one attached hydrogen (secondary N) is 3. The fourth-order valence-electron chi connectivity index (χ4n) is 4.42. The molecule has 170 valence electrons. The van der Waals surface area contributed by atoms with E-state index >= 15 is 0 Å². The van der Waals surface area contributed by atoms with Crippen LogP contribution in [-0.4, -0.2) is 57.7 Å². The third-order valence-corrected chi connectivity index (χ3v) is 7.85. The molecule has 0 aliphatic carbocycles. The number of fused-ring (bicyclic) bond motifs is 1. The Bertz CT molecular complexity index is 862. The summed E-state index contributed by atoms with van der Waals surface area (Å²) in [5.41, 5.74) is 1.72. The van der Waals surface area contributed by atoms with Crippen LogP contribution in [-0.2, 0) is 11.3 Å². The minimum absolute atomic E-state index is 0.0208. The number of ether oxygens (including phenoxy) is 1. The molecule has 2 saturated heterocycles. The number of nitrogens with zero attached hydrogens (tertiary/aromatic N) is 2. The van der Waals surface area contributed by atoms with E-state index in [1.165, 1.54) is 5.57 Å². The van der Waals surface area contributed by atoms with Gasteiger partial charge in [0.1, 0.15) is 6.29 Å². The summed E-state index contributed by atoms with van der Waals surface area (Å²) in [6.07, 6.45) is 4.22. The van der Waals surface area contributed by atoms with Gasteiger partial charge in [0.15, 0.2) is 0 Å². The van der Waals surface area contributed by atoms with E-state index in [0.29, 0.717) is 29.2 Å². The lowest BCUT2D eigenvalue weighted by Crippen LogP contribution is -2.60. The average Bonchev–Trinajstić information content (AvgIpc) is 3.00. The summed E-state index contributed by atoms with van der Waals surface area (Å²) >= 11 is 14.4. The van der Waals surface area contributed by atoms with Gasteiger partial charge in [-0.05, 0) is 50.0 Å². The Morgan fingerprint density at radius 3 is 2.74 bits per heavy atom. The maximum absolute atomic E-state index is 13.1. The van der Waals surface area contributed by atoms with Crippen molar-refractivity contribution in [3.05, 3.63) is 45.6 Å². The minimum atomic E-state index is -0.396. The zero-order chi connectivity index (χ0) is 22.2. The van der Waals surface area contributed by atoms with Gasteiger partial charge in [0, 0.05) is 38.5 Å². The van der Waals surface area contributed by atoms with E-state index in [9.17, 15) is 4.79 Å². The number of amides is 2. The average molecular weight is 580 g/mol. The molecule has 2 amide bonds. The highest BCUT2D eigenvalue weighted by Crippen LogP contribution is 2.37. The molecule has 3 aliphatic rings. The third-order valence-electron chi connectivity index (χ3n) is 6.28. The van der Waals surface area contributed by atoms with Crippen molar-refractivity contribution in [1.29, 1.82) is 0 Å². The molecule has 1 aromatic rings. The van der Waals surface area contributed by atoms with Gasteiger partial charge in [-0.1, -0.05) is 29.3 Å². The first-order valence-electron chi connectivity index (χ1n) is 10.5. The van der Waals surface area contributed by atoms with Crippen LogP contribution >= 0.6 is 46.1 Å². The van der Waals surface area contributed by atoms with E-state index in [4.69, 9.17) is 27.9 Å². The summed E-state index contributed by atoms with van der Waals surface area (Å²) in [4.78, 5) is 15.0. The van der Waals surface area contributed by atoms with Crippen LogP contribution in [0.1, 0.15) is 32.3 Å². The van der Waals surface area contributed by atoms with E-state index in [0.717, 1.165) is 31.6 Å². The first-order valence-corrected chi connectivity index (χ1v) is 12.2. The Kier molecular flexibility index (Phi) is 7.24. The number of carbonyl (C=O) groups excluding carboxylic acids is 1. The van der Waals surface area contributed by atoms with Crippen LogP contribution in [0.3, 0.4) is 0 Å². The van der Waals surface area contributed by atoms with Crippen LogP contribution in [0.5, 0.6) is 0 Å². The summed E-state index contributed by atoms with van der Waals surface area (Å²) < 4.78 is 7.60. The molecule has 0 aromatic heterocycles. The highest BCUT2D eigenvalue weighted by molar-refractivity contribution is 14.1. The molecule has 0 bridgehead atoms. The number of carbonyl (C=O) groups is 1. The molecule has 2 atom stereocenters. The standard InChI is InChI=1S/C21H28Cl2IN5O2/c1-21(2)15-11-29(24)19(26-14-5-7-31-8-6-14)27-18(15)12-28(21)20(30)25-10-13-3-4-16(22)17(23)9-13/h3-4,9,11,14,18-19,26-27H,5-8,10,12H2,1-2H3,(H,25,30). The van der Waals surface area contributed by atoms with Gasteiger partial charge in [-0.25, -0.2) is 4.79 Å². The zero-order valence-corrected chi connectivity index (χ0v) is 21.3. The first kappa shape index (κ1) is 23.4. The lowest BCUT2D eigenvalue weighted by molar-refractivity contribution is 0.0682. The highest BCUT2D eigenvalue weighted by atomic mass is 127. The Labute approximate surface area is 207 Å². The second kappa shape index (κ2) is 9.61. The molecule has 31 heavy (non-hydrogen) atoms. The van der Waals surface area contributed by atoms with Crippen molar-refractivity contribution >= 4 is 52.1 Å². The van der Waals surface area contributed by atoms with Crippen LogP contribution in [0.25, 0.3) is 0 Å². The molecule has 0 saturated carbocycles. The summed E-state index contributed by atoms with van der Waals surface area (Å²) in [5, 5.41) is 11.4. The molecule has 0 spiro atoms. The number of halogens is 3. The Balaban J connectivity index is 1.40. The summed E-state index contributed by atoms with van der Waals surface area (Å²) in [5.74, 6) is 0. The summed E-state index contributed by atoms with van der Waals surface area (Å²) in [6.45, 7) is 6.80. The van der Waals surface area contributed by atoms with E-state index < -0.39 is 5.54 Å². The second-order valence-corrected chi connectivity index (χ2v) is 10.6. The number of likely N-dealkylation sites (tertiary alicyclic amines) is 1. The van der Waals surface area contributed by atoms with E-state index in [1.54, 1.807) is 12.1 Å². The number of urea groups is 1. The number of benzene rings is 1. The van der Waals surface area contributed by atoms with E-state index in [1.807, 2.05) is 11.0 Å². The molecule has 1 aromatic carbocycles. The van der Waals surface area contributed by atoms with Gasteiger partial charge in [-0.3, -0.25) is 13.7 Å². The van der Waals surface area contributed by atoms with Crippen molar-refractivity contribution in [2.45, 2.75) is 57.1 Å². The Morgan fingerprint density at radius 2 is 2.03 bits per heavy atom. The van der Waals surface area contributed by atoms with Crippen molar-refractivity contribution in [3.63, 3.8) is 0 Å². The zero-order valence-electron chi connectivity index (χ0n) is 17.6. The molecule has 4 rings (SSSR count). The fraction of sp³-hybridized carbons (Fsp3) is 0.571. The largest absolute Gasteiger partial charge is 0.381 e. The van der Waals surface area contributed by atoms with Gasteiger partial charge in [-0.15, -0.1) is 0 Å². The number of hydrogen-bond acceptors (Lipinski definition) is 5. The molecule has 0 radical (unpaired) electrons. The first-order chi connectivity index (χ1) is 14.8. The van der Waals surface area contributed by atoms with Crippen LogP contribution in [0, 0.1) is 0 Å². The van der Waals surface area contributed by atoms with E-state index in [-0.39, 0.29) is 18.4 Å². The maximum atomic E-state index is 13.1. The molecular weight excluding hydrogens is 552 g/mol. The smallest absolute Gasteiger partial charge is 0.318 e. The van der Waals surface area contributed by atoms with E-state index in [2.05, 4.69) is 62.0 Å². The maximum Gasteiger partial charge on any atom is 0.318 e. The quantitative estimate of drug-likeness (QED) is 0.373. The van der Waals surface area contributed by atoms with Crippen molar-refractivity contribution in [2.75, 3.05) is 19.8 Å². The molecule has 3 N–H and O–H groups in total. The molecular formula is C21H28Cl2IN5O2. The molecule has 7 nitrogen and oxygen atoms in total. The minimum Gasteiger partial charge on any atom is -0.381 e. The summed E-state index contributed by atoms with van der Waals surface area (Å²) in [7, 11) is 0. The Morgan fingerprint density at radius 1 is 1.29 bits per heavy atom. The molecule has 2 fully saturated rings. The Hall–Kier alpha value is -0.780. The molecule has 10 heteroatoms. The van der Waals surface area contributed by atoms with Crippen LogP contribution in [0.2, 0.25) is 10.0 Å². The van der Waals surface area contributed by atoms with Crippen LogP contribution < -0.4 is 16.0 Å². The van der Waals surface area contributed by atoms with Gasteiger partial charge < -0.3 is 15.0 Å². The lowest BCUT2D eigenvalue weighted by atomic mass is 9.92. The van der Waals surface area contributed by atoms with Crippen molar-refractivity contribution in [2.24, 2.45) is 0 Å². The van der Waals surface area contributed by atoms with Crippen molar-refractivity contribution < 1.29 is 9.53 Å². The fourth-order valence-corrected chi connectivity index (χ4v) is 5.36. The number of rotatable bonds is 4. The van der Waals surface area contributed by atoms with Gasteiger partial charge in [0.05, 0.1) is 44.5 Å². The molecule has 3 heterocycles. The number of hydrogen-bond donors (Lipinski definition) is 3. The highest BCUT2D eigenvalue weighted by Gasteiger charge is 2.48. The van der Waals surface area contributed by atoms with Gasteiger partial charge in [0.25, 0.3) is 0 Å². The van der Waals surface area contributed by atoms with Crippen LogP contribution in [0.15, 0.2) is 30.0 Å². The molecule has 3 aliphatic heterocycles. The van der Waals surface area contributed by atoms with Crippen molar-refractivity contribution in [3.8, 4) is 0 Å². The van der Waals surface area contributed by atoms with Gasteiger partial charge in [0.2, 0.25) is 0 Å². The summed E-state index contributed by atoms with van der Waals surface area (Å²) in [6, 6.07) is 5.84. The third kappa shape index (κ3) is 5.09. The lowest BCUT2D eigenvalue weighted by Gasteiger charge is -2.39.